The predicted molar refractivity (Wildman–Crippen MR) is 207 cm³/mol. The first kappa shape index (κ1) is 28.3. The van der Waals surface area contributed by atoms with Crippen LogP contribution in [0.4, 0.5) is 0 Å². The van der Waals surface area contributed by atoms with E-state index in [1.165, 1.54) is 26.9 Å². The molecule has 10 aromatic rings. The molecule has 0 aliphatic rings. The summed E-state index contributed by atoms with van der Waals surface area (Å²) >= 11 is 0. The third kappa shape index (κ3) is 4.61. The number of aromatic nitrogens is 4. The summed E-state index contributed by atoms with van der Waals surface area (Å²) in [5.74, 6) is 1.92. The highest BCUT2D eigenvalue weighted by Gasteiger charge is 2.18. The Morgan fingerprint density at radius 1 is 0.280 bits per heavy atom. The fourth-order valence-corrected chi connectivity index (χ4v) is 7.37. The van der Waals surface area contributed by atoms with E-state index in [1.54, 1.807) is 0 Å². The van der Waals surface area contributed by atoms with E-state index in [0.29, 0.717) is 17.5 Å². The average Bonchev–Trinajstić information content (AvgIpc) is 3.20. The molecule has 0 N–H and O–H groups in total. The Balaban J connectivity index is 1.22. The van der Waals surface area contributed by atoms with Crippen LogP contribution in [-0.4, -0.2) is 19.9 Å². The minimum atomic E-state index is 0.627. The molecule has 0 aliphatic heterocycles. The maximum Gasteiger partial charge on any atom is 0.164 e. The Labute approximate surface area is 288 Å². The standard InChI is InChI=1S/C46H28N4/c1-4-14-34-31(11-1)25-41(39-19-9-7-17-37(34)39)45-48-44(30-23-21-29(22-24-30)43-28-47-27-33-13-3-6-16-36(33)43)49-46(50-45)42-26-32-12-2-5-15-35(32)38-18-8-10-20-40(38)42/h1-28H. The van der Waals surface area contributed by atoms with Gasteiger partial charge >= 0.3 is 0 Å². The van der Waals surface area contributed by atoms with Crippen LogP contribution in [-0.2, 0) is 0 Å². The van der Waals surface area contributed by atoms with E-state index in [4.69, 9.17) is 15.0 Å². The van der Waals surface area contributed by atoms with Crippen molar-refractivity contribution in [3.63, 3.8) is 0 Å². The highest BCUT2D eigenvalue weighted by Crippen LogP contribution is 2.38. The Bertz CT molecular complexity index is 2790. The maximum absolute atomic E-state index is 5.28. The minimum absolute atomic E-state index is 0.627. The van der Waals surface area contributed by atoms with Crippen molar-refractivity contribution in [3.8, 4) is 45.3 Å². The second-order valence-corrected chi connectivity index (χ2v) is 12.7. The average molecular weight is 637 g/mol. The van der Waals surface area contributed by atoms with Crippen LogP contribution in [0.5, 0.6) is 0 Å². The summed E-state index contributed by atoms with van der Waals surface area (Å²) in [5, 5.41) is 11.6. The van der Waals surface area contributed by atoms with Gasteiger partial charge in [0, 0.05) is 40.0 Å². The van der Waals surface area contributed by atoms with E-state index < -0.39 is 0 Å². The first-order valence-electron chi connectivity index (χ1n) is 16.8. The second kappa shape index (κ2) is 11.4. The summed E-state index contributed by atoms with van der Waals surface area (Å²) in [6.07, 6.45) is 3.85. The van der Waals surface area contributed by atoms with Gasteiger partial charge in [-0.1, -0.05) is 146 Å². The highest BCUT2D eigenvalue weighted by molar-refractivity contribution is 6.14. The van der Waals surface area contributed by atoms with Crippen molar-refractivity contribution >= 4 is 53.9 Å². The number of hydrogen-bond acceptors (Lipinski definition) is 4. The lowest BCUT2D eigenvalue weighted by Gasteiger charge is -2.14. The van der Waals surface area contributed by atoms with Crippen LogP contribution < -0.4 is 0 Å². The third-order valence-corrected chi connectivity index (χ3v) is 9.78. The molecule has 0 bridgehead atoms. The Kier molecular flexibility index (Phi) is 6.46. The molecule has 50 heavy (non-hydrogen) atoms. The number of pyridine rings is 1. The van der Waals surface area contributed by atoms with Gasteiger partial charge in [0.15, 0.2) is 17.5 Å². The zero-order valence-corrected chi connectivity index (χ0v) is 27.0. The van der Waals surface area contributed by atoms with Gasteiger partial charge in [-0.15, -0.1) is 0 Å². The fraction of sp³-hybridized carbons (Fsp3) is 0. The van der Waals surface area contributed by atoms with E-state index >= 15 is 0 Å². The van der Waals surface area contributed by atoms with Gasteiger partial charge in [0.1, 0.15) is 0 Å². The molecule has 0 radical (unpaired) electrons. The molecule has 0 spiro atoms. The fourth-order valence-electron chi connectivity index (χ4n) is 7.37. The van der Waals surface area contributed by atoms with Crippen molar-refractivity contribution in [2.45, 2.75) is 0 Å². The van der Waals surface area contributed by atoms with Crippen LogP contribution >= 0.6 is 0 Å². The normalized spacial score (nSPS) is 11.6. The number of hydrogen-bond donors (Lipinski definition) is 0. The van der Waals surface area contributed by atoms with E-state index in [2.05, 4.69) is 157 Å². The molecule has 2 aromatic heterocycles. The van der Waals surface area contributed by atoms with Gasteiger partial charge in [-0.05, 0) is 66.2 Å². The molecule has 0 aliphatic carbocycles. The van der Waals surface area contributed by atoms with E-state index in [-0.39, 0.29) is 0 Å². The van der Waals surface area contributed by atoms with Crippen LogP contribution in [0.1, 0.15) is 0 Å². The lowest BCUT2D eigenvalue weighted by atomic mass is 9.96. The van der Waals surface area contributed by atoms with Gasteiger partial charge < -0.3 is 0 Å². The predicted octanol–water partition coefficient (Wildman–Crippen LogP) is 11.7. The molecule has 4 nitrogen and oxygen atoms in total. The Morgan fingerprint density at radius 3 is 1.26 bits per heavy atom. The van der Waals surface area contributed by atoms with Gasteiger partial charge in [-0.2, -0.15) is 0 Å². The number of nitrogens with zero attached hydrogens (tertiary/aromatic N) is 4. The Morgan fingerprint density at radius 2 is 0.700 bits per heavy atom. The lowest BCUT2D eigenvalue weighted by Crippen LogP contribution is -2.01. The van der Waals surface area contributed by atoms with Crippen LogP contribution in [0.15, 0.2) is 170 Å². The topological polar surface area (TPSA) is 51.6 Å². The van der Waals surface area contributed by atoms with Crippen molar-refractivity contribution in [2.75, 3.05) is 0 Å². The first-order chi connectivity index (χ1) is 24.8. The smallest absolute Gasteiger partial charge is 0.164 e. The zero-order valence-electron chi connectivity index (χ0n) is 27.0. The second-order valence-electron chi connectivity index (χ2n) is 12.7. The zero-order chi connectivity index (χ0) is 33.0. The molecule has 0 atom stereocenters. The highest BCUT2D eigenvalue weighted by atomic mass is 15.0. The number of rotatable bonds is 4. The van der Waals surface area contributed by atoms with Gasteiger partial charge in [0.05, 0.1) is 0 Å². The number of benzene rings is 8. The largest absolute Gasteiger partial charge is 0.263 e. The van der Waals surface area contributed by atoms with E-state index in [9.17, 15) is 0 Å². The minimum Gasteiger partial charge on any atom is -0.263 e. The van der Waals surface area contributed by atoms with Crippen LogP contribution in [0.3, 0.4) is 0 Å². The molecular weight excluding hydrogens is 609 g/mol. The van der Waals surface area contributed by atoms with Gasteiger partial charge in [-0.25, -0.2) is 15.0 Å². The van der Waals surface area contributed by atoms with Gasteiger partial charge in [0.25, 0.3) is 0 Å². The molecule has 0 fully saturated rings. The molecule has 8 aromatic carbocycles. The lowest BCUT2D eigenvalue weighted by molar-refractivity contribution is 1.08. The van der Waals surface area contributed by atoms with Crippen molar-refractivity contribution < 1.29 is 0 Å². The van der Waals surface area contributed by atoms with Crippen molar-refractivity contribution in [1.82, 2.24) is 19.9 Å². The van der Waals surface area contributed by atoms with Gasteiger partial charge in [-0.3, -0.25) is 4.98 Å². The SMILES string of the molecule is c1ccc2c(-c3ccc(-c4nc(-c5cc6ccccc6c6ccccc56)nc(-c5cc6ccccc6c6ccccc56)n4)cc3)cncc2c1. The summed E-state index contributed by atoms with van der Waals surface area (Å²) in [5.41, 5.74) is 5.06. The molecule has 10 rings (SSSR count). The van der Waals surface area contributed by atoms with Crippen molar-refractivity contribution in [1.29, 1.82) is 0 Å². The van der Waals surface area contributed by atoms with E-state index in [0.717, 1.165) is 54.7 Å². The Hall–Kier alpha value is -6.78. The molecular formula is C46H28N4. The molecule has 4 heteroatoms. The van der Waals surface area contributed by atoms with Crippen molar-refractivity contribution in [3.05, 3.63) is 170 Å². The van der Waals surface area contributed by atoms with E-state index in [1.807, 2.05) is 18.5 Å². The van der Waals surface area contributed by atoms with Crippen LogP contribution in [0.25, 0.3) is 99.2 Å². The summed E-state index contributed by atoms with van der Waals surface area (Å²) in [6.45, 7) is 0. The van der Waals surface area contributed by atoms with Crippen LogP contribution in [0, 0.1) is 0 Å². The number of fused-ring (bicyclic) bond motifs is 7. The monoisotopic (exact) mass is 636 g/mol. The molecule has 0 unspecified atom stereocenters. The van der Waals surface area contributed by atoms with Crippen molar-refractivity contribution in [2.24, 2.45) is 0 Å². The molecule has 0 saturated heterocycles. The summed E-state index contributed by atoms with van der Waals surface area (Å²) in [7, 11) is 0. The quantitative estimate of drug-likeness (QED) is 0.180. The van der Waals surface area contributed by atoms with Gasteiger partial charge in [0.2, 0.25) is 0 Å². The molecule has 2 heterocycles. The van der Waals surface area contributed by atoms with Crippen LogP contribution in [0.2, 0.25) is 0 Å². The summed E-state index contributed by atoms with van der Waals surface area (Å²) in [4.78, 5) is 20.2. The molecule has 0 amide bonds. The summed E-state index contributed by atoms with van der Waals surface area (Å²) in [6, 6.07) is 55.4. The molecule has 0 saturated carbocycles. The summed E-state index contributed by atoms with van der Waals surface area (Å²) < 4.78 is 0. The third-order valence-electron chi connectivity index (χ3n) is 9.78. The first-order valence-corrected chi connectivity index (χ1v) is 16.8. The molecule has 232 valence electrons. The maximum atomic E-state index is 5.28.